The van der Waals surface area contributed by atoms with Crippen LogP contribution in [-0.4, -0.2) is 42.4 Å². The van der Waals surface area contributed by atoms with E-state index in [0.29, 0.717) is 5.69 Å². The van der Waals surface area contributed by atoms with E-state index in [0.717, 1.165) is 61.4 Å². The molecule has 2 aromatic rings. The minimum atomic E-state index is -0.498. The largest absolute Gasteiger partial charge is 0.447 e. The van der Waals surface area contributed by atoms with Crippen LogP contribution in [0, 0.1) is 0 Å². The Labute approximate surface area is 171 Å². The number of aromatic nitrogens is 2. The highest BCUT2D eigenvalue weighted by molar-refractivity contribution is 5.88. The number of aromatic amines is 1. The zero-order valence-electron chi connectivity index (χ0n) is 17.2. The number of imidazole rings is 1. The van der Waals surface area contributed by atoms with Gasteiger partial charge in [0.2, 0.25) is 0 Å². The number of carbonyl (C=O) groups excluding carboxylic acids is 1. The summed E-state index contributed by atoms with van der Waals surface area (Å²) in [6.45, 7) is 3.05. The highest BCUT2D eigenvalue weighted by atomic mass is 16.6. The van der Waals surface area contributed by atoms with Gasteiger partial charge < -0.3 is 25.5 Å². The number of amides is 1. The SMILES string of the molecule is CCC(COC(=O)Nc1ccc2c(c1)NCCCCC[C@H](N)c1nc-2c[nH]1)OC. The van der Waals surface area contributed by atoms with Crippen LogP contribution in [0.25, 0.3) is 11.3 Å². The molecule has 0 aliphatic carbocycles. The van der Waals surface area contributed by atoms with Crippen molar-refractivity contribution >= 4 is 17.5 Å². The average Bonchev–Trinajstić information content (AvgIpc) is 3.21. The second-order valence-electron chi connectivity index (χ2n) is 7.30. The third-order valence-electron chi connectivity index (χ3n) is 5.19. The zero-order valence-corrected chi connectivity index (χ0v) is 17.2. The van der Waals surface area contributed by atoms with E-state index < -0.39 is 6.09 Å². The molecule has 0 saturated heterocycles. The number of hydrogen-bond donors (Lipinski definition) is 4. The molecule has 5 N–H and O–H groups in total. The number of rotatable bonds is 5. The molecule has 1 aliphatic heterocycles. The molecule has 1 aliphatic rings. The van der Waals surface area contributed by atoms with Gasteiger partial charge in [-0.1, -0.05) is 19.8 Å². The summed E-state index contributed by atoms with van der Waals surface area (Å²) in [7, 11) is 1.61. The van der Waals surface area contributed by atoms with Crippen molar-refractivity contribution in [3.8, 4) is 11.3 Å². The van der Waals surface area contributed by atoms with Gasteiger partial charge in [0.25, 0.3) is 0 Å². The first-order valence-corrected chi connectivity index (χ1v) is 10.3. The first-order valence-electron chi connectivity index (χ1n) is 10.3. The van der Waals surface area contributed by atoms with Gasteiger partial charge in [0.1, 0.15) is 12.4 Å². The molecule has 8 heteroatoms. The summed E-state index contributed by atoms with van der Waals surface area (Å²) in [4.78, 5) is 20.0. The number of nitrogens with zero attached hydrogens (tertiary/aromatic N) is 1. The van der Waals surface area contributed by atoms with E-state index in [1.807, 2.05) is 31.3 Å². The lowest BCUT2D eigenvalue weighted by Gasteiger charge is -2.16. The van der Waals surface area contributed by atoms with Gasteiger partial charge in [-0.15, -0.1) is 0 Å². The molecule has 3 rings (SSSR count). The molecule has 1 aromatic carbocycles. The topological polar surface area (TPSA) is 114 Å². The first-order chi connectivity index (χ1) is 14.1. The summed E-state index contributed by atoms with van der Waals surface area (Å²) in [5, 5.41) is 6.26. The standard InChI is InChI=1S/C21H31N5O3/c1-3-15(28-2)13-29-21(27)25-14-8-9-16-18(11-14)23-10-6-4-5-7-17(22)20-24-12-19(16)26-20/h8-9,11-12,15,17,23H,3-7,10,13,22H2,1-2H3,(H,24,26)(H,25,27)/t15?,17-/m0/s1. The van der Waals surface area contributed by atoms with Crippen LogP contribution in [0.1, 0.15) is 50.9 Å². The minimum absolute atomic E-state index is 0.0747. The maximum Gasteiger partial charge on any atom is 0.411 e. The molecule has 29 heavy (non-hydrogen) atoms. The number of carbonyl (C=O) groups is 1. The molecule has 2 bridgehead atoms. The van der Waals surface area contributed by atoms with Crippen LogP contribution < -0.4 is 16.4 Å². The Morgan fingerprint density at radius 1 is 1.38 bits per heavy atom. The van der Waals surface area contributed by atoms with Crippen molar-refractivity contribution in [3.05, 3.63) is 30.2 Å². The maximum atomic E-state index is 12.1. The fourth-order valence-corrected chi connectivity index (χ4v) is 3.36. The van der Waals surface area contributed by atoms with Crippen LogP contribution in [0.2, 0.25) is 0 Å². The van der Waals surface area contributed by atoms with Crippen LogP contribution in [0.5, 0.6) is 0 Å². The Kier molecular flexibility index (Phi) is 7.48. The van der Waals surface area contributed by atoms with E-state index in [-0.39, 0.29) is 18.8 Å². The fraction of sp³-hybridized carbons (Fsp3) is 0.524. The lowest BCUT2D eigenvalue weighted by molar-refractivity contribution is 0.0374. The lowest BCUT2D eigenvalue weighted by Crippen LogP contribution is -2.23. The Hall–Kier alpha value is -2.58. The van der Waals surface area contributed by atoms with Crippen molar-refractivity contribution in [3.63, 3.8) is 0 Å². The predicted molar refractivity (Wildman–Crippen MR) is 114 cm³/mol. The fourth-order valence-electron chi connectivity index (χ4n) is 3.36. The Balaban J connectivity index is 1.76. The van der Waals surface area contributed by atoms with E-state index in [2.05, 4.69) is 20.6 Å². The Morgan fingerprint density at radius 3 is 3.03 bits per heavy atom. The Bertz CT molecular complexity index is 803. The third-order valence-corrected chi connectivity index (χ3v) is 5.19. The van der Waals surface area contributed by atoms with Gasteiger partial charge in [0, 0.05) is 36.8 Å². The number of anilines is 2. The number of benzene rings is 1. The molecule has 0 radical (unpaired) electrons. The summed E-state index contributed by atoms with van der Waals surface area (Å²) >= 11 is 0. The van der Waals surface area contributed by atoms with Crippen molar-refractivity contribution in [1.29, 1.82) is 0 Å². The van der Waals surface area contributed by atoms with Crippen LogP contribution >= 0.6 is 0 Å². The van der Waals surface area contributed by atoms with Gasteiger partial charge in [0.15, 0.2) is 0 Å². The van der Waals surface area contributed by atoms with Crippen molar-refractivity contribution in [2.75, 3.05) is 30.9 Å². The summed E-state index contributed by atoms with van der Waals surface area (Å²) in [5.41, 5.74) is 9.62. The number of nitrogens with two attached hydrogens (primary N) is 1. The van der Waals surface area contributed by atoms with Gasteiger partial charge in [-0.2, -0.15) is 0 Å². The molecule has 1 amide bonds. The predicted octanol–water partition coefficient (Wildman–Crippen LogP) is 4.04. The van der Waals surface area contributed by atoms with Gasteiger partial charge in [-0.3, -0.25) is 5.32 Å². The smallest absolute Gasteiger partial charge is 0.411 e. The number of ether oxygens (including phenoxy) is 2. The van der Waals surface area contributed by atoms with Crippen molar-refractivity contribution in [2.45, 2.75) is 51.2 Å². The molecule has 158 valence electrons. The second kappa shape index (κ2) is 10.3. The van der Waals surface area contributed by atoms with Gasteiger partial charge >= 0.3 is 6.09 Å². The van der Waals surface area contributed by atoms with E-state index in [1.165, 1.54) is 0 Å². The molecule has 2 atom stereocenters. The van der Waals surface area contributed by atoms with Crippen molar-refractivity contribution in [1.82, 2.24) is 9.97 Å². The zero-order chi connectivity index (χ0) is 20.6. The molecule has 8 nitrogen and oxygen atoms in total. The molecule has 0 saturated carbocycles. The highest BCUT2D eigenvalue weighted by Crippen LogP contribution is 2.31. The quantitative estimate of drug-likeness (QED) is 0.601. The van der Waals surface area contributed by atoms with Gasteiger partial charge in [0.05, 0.1) is 17.8 Å². The van der Waals surface area contributed by atoms with Crippen LogP contribution in [0.3, 0.4) is 0 Å². The van der Waals surface area contributed by atoms with E-state index >= 15 is 0 Å². The normalized spacial score (nSPS) is 17.8. The summed E-state index contributed by atoms with van der Waals surface area (Å²) < 4.78 is 10.5. The summed E-state index contributed by atoms with van der Waals surface area (Å²) in [6, 6.07) is 5.62. The molecular weight excluding hydrogens is 370 g/mol. The van der Waals surface area contributed by atoms with Crippen molar-refractivity contribution in [2.24, 2.45) is 5.73 Å². The number of fused-ring (bicyclic) bond motifs is 4. The average molecular weight is 402 g/mol. The summed E-state index contributed by atoms with van der Waals surface area (Å²) in [5.74, 6) is 0.806. The van der Waals surface area contributed by atoms with E-state index in [1.54, 1.807) is 7.11 Å². The van der Waals surface area contributed by atoms with Crippen molar-refractivity contribution < 1.29 is 14.3 Å². The van der Waals surface area contributed by atoms with Gasteiger partial charge in [-0.05, 0) is 37.5 Å². The first kappa shape index (κ1) is 21.1. The molecule has 2 heterocycles. The second-order valence-corrected chi connectivity index (χ2v) is 7.30. The van der Waals surface area contributed by atoms with E-state index in [4.69, 9.17) is 15.2 Å². The molecule has 1 unspecified atom stereocenters. The maximum absolute atomic E-state index is 12.1. The lowest BCUT2D eigenvalue weighted by atomic mass is 10.1. The monoisotopic (exact) mass is 401 g/mol. The number of hydrogen-bond acceptors (Lipinski definition) is 6. The molecule has 0 spiro atoms. The minimum Gasteiger partial charge on any atom is -0.447 e. The third kappa shape index (κ3) is 5.71. The van der Waals surface area contributed by atoms with Gasteiger partial charge in [-0.25, -0.2) is 9.78 Å². The number of nitrogens with one attached hydrogen (secondary N) is 3. The van der Waals surface area contributed by atoms with E-state index in [9.17, 15) is 4.79 Å². The van der Waals surface area contributed by atoms with Crippen LogP contribution in [-0.2, 0) is 9.47 Å². The summed E-state index contributed by atoms with van der Waals surface area (Å²) in [6.07, 6.45) is 6.21. The highest BCUT2D eigenvalue weighted by Gasteiger charge is 2.16. The number of H-pyrrole nitrogens is 1. The molecule has 0 fully saturated rings. The van der Waals surface area contributed by atoms with Crippen LogP contribution in [0.15, 0.2) is 24.4 Å². The Morgan fingerprint density at radius 2 is 2.24 bits per heavy atom. The molecular formula is C21H31N5O3. The molecule has 1 aromatic heterocycles. The number of methoxy groups -OCH3 is 1. The van der Waals surface area contributed by atoms with Crippen LogP contribution in [0.4, 0.5) is 16.2 Å².